The van der Waals surface area contributed by atoms with Crippen LogP contribution in [0.3, 0.4) is 0 Å². The van der Waals surface area contributed by atoms with Crippen LogP contribution in [0.15, 0.2) is 48.6 Å². The zero-order valence-electron chi connectivity index (χ0n) is 24.7. The minimum Gasteiger partial charge on any atom is -0.490 e. The van der Waals surface area contributed by atoms with Gasteiger partial charge in [0.15, 0.2) is 0 Å². The van der Waals surface area contributed by atoms with Gasteiger partial charge >= 0.3 is 0 Å². The lowest BCUT2D eigenvalue weighted by Gasteiger charge is -2.45. The quantitative estimate of drug-likeness (QED) is 0.399. The third kappa shape index (κ3) is 5.48. The fourth-order valence-electron chi connectivity index (χ4n) is 8.22. The number of hydrogen-bond acceptors (Lipinski definition) is 6. The number of anilines is 1. The molecule has 230 valence electrons. The number of amides is 1. The van der Waals surface area contributed by atoms with Crippen molar-refractivity contribution in [3.63, 3.8) is 0 Å². The first-order chi connectivity index (χ1) is 20.6. The molecule has 2 aliphatic heterocycles. The second kappa shape index (κ2) is 11.1. The van der Waals surface area contributed by atoms with Crippen molar-refractivity contribution in [1.29, 1.82) is 0 Å². The molecule has 7 rings (SSSR count). The molecule has 2 aromatic carbocycles. The van der Waals surface area contributed by atoms with Crippen molar-refractivity contribution < 1.29 is 23.1 Å². The number of aliphatic hydroxyl groups is 1. The average Bonchev–Trinajstić information content (AvgIpc) is 3.78. The first-order valence-electron chi connectivity index (χ1n) is 15.8. The fraction of sp³-hybridized carbons (Fsp3) is 0.559. The molecule has 2 aromatic rings. The maximum absolute atomic E-state index is 13.6. The molecule has 7 nitrogen and oxygen atoms in total. The van der Waals surface area contributed by atoms with Gasteiger partial charge in [-0.2, -0.15) is 0 Å². The average molecular weight is 625 g/mol. The summed E-state index contributed by atoms with van der Waals surface area (Å²) in [6.45, 7) is 3.86. The molecule has 0 unspecified atom stereocenters. The summed E-state index contributed by atoms with van der Waals surface area (Å²) in [4.78, 5) is 15.9. The van der Waals surface area contributed by atoms with Crippen LogP contribution in [-0.2, 0) is 21.9 Å². The zero-order valence-corrected chi connectivity index (χ0v) is 26.2. The maximum atomic E-state index is 13.6. The smallest absolute Gasteiger partial charge is 0.264 e. The summed E-state index contributed by atoms with van der Waals surface area (Å²) in [6.07, 6.45) is 10.4. The summed E-state index contributed by atoms with van der Waals surface area (Å²) in [6, 6.07) is 11.5. The summed E-state index contributed by atoms with van der Waals surface area (Å²) in [5, 5.41) is 11.3. The van der Waals surface area contributed by atoms with Gasteiger partial charge in [0.2, 0.25) is 10.0 Å². The fourth-order valence-corrected chi connectivity index (χ4v) is 10.4. The SMILES string of the molecule is C[C@@H]1C/C=C/[C@H](O)[C@@H]2CC[C@H]2CN2C[C@@]3(CCCc4cc(Cl)ccc43)COc3ccc(cc32)C(=O)NS(=O)(=O)[C@@H]1C1CC1. The lowest BCUT2D eigenvalue weighted by molar-refractivity contribution is 0.0455. The molecule has 5 aliphatic rings. The Hall–Kier alpha value is -2.55. The van der Waals surface area contributed by atoms with Gasteiger partial charge in [-0.05, 0) is 116 Å². The van der Waals surface area contributed by atoms with Crippen LogP contribution in [0.5, 0.6) is 5.75 Å². The van der Waals surface area contributed by atoms with Gasteiger partial charge < -0.3 is 14.7 Å². The van der Waals surface area contributed by atoms with E-state index in [1.807, 2.05) is 31.2 Å². The molecule has 2 fully saturated rings. The molecule has 2 N–H and O–H groups in total. The normalized spacial score (nSPS) is 34.5. The summed E-state index contributed by atoms with van der Waals surface area (Å²) in [7, 11) is -3.91. The molecule has 9 heteroatoms. The standard InChI is InChI=1S/C34H41ClN2O5S/c1-21-4-2-6-30(38)27-12-9-25(27)18-37-19-34(15-3-5-23-16-26(35)11-13-28(23)34)20-42-31-14-10-24(17-29(31)37)33(39)36-43(40,41)32(21)22-7-8-22/h2,6,10-11,13-14,16-17,21-22,25,27,30,32,38H,3-5,7-9,12,15,18-20H2,1H3,(H,36,39)/b6-2+/t21-,25+,27-,30+,32+,34+/m1/s1. The summed E-state index contributed by atoms with van der Waals surface area (Å²) in [5.74, 6) is 0.393. The second-order valence-electron chi connectivity index (χ2n) is 13.7. The Labute approximate surface area is 259 Å². The van der Waals surface area contributed by atoms with Crippen molar-refractivity contribution in [2.75, 3.05) is 24.6 Å². The summed E-state index contributed by atoms with van der Waals surface area (Å²) >= 11 is 6.40. The number of aliphatic hydroxyl groups excluding tert-OH is 1. The molecule has 1 spiro atoms. The molecule has 2 heterocycles. The van der Waals surface area contributed by atoms with Gasteiger partial charge in [0.25, 0.3) is 5.91 Å². The summed E-state index contributed by atoms with van der Waals surface area (Å²) in [5.41, 5.74) is 3.38. The molecule has 0 aromatic heterocycles. The van der Waals surface area contributed by atoms with E-state index in [2.05, 4.69) is 21.8 Å². The topological polar surface area (TPSA) is 95.9 Å². The number of carbonyl (C=O) groups is 1. The minimum atomic E-state index is -3.91. The van der Waals surface area contributed by atoms with Gasteiger partial charge in [-0.25, -0.2) is 13.1 Å². The Balaban J connectivity index is 1.29. The van der Waals surface area contributed by atoms with E-state index in [0.29, 0.717) is 36.8 Å². The van der Waals surface area contributed by atoms with Crippen LogP contribution in [0.4, 0.5) is 5.69 Å². The number of rotatable bonds is 1. The lowest BCUT2D eigenvalue weighted by Crippen LogP contribution is -2.49. The minimum absolute atomic E-state index is 0.0499. The van der Waals surface area contributed by atoms with Crippen molar-refractivity contribution in [3.8, 4) is 5.75 Å². The van der Waals surface area contributed by atoms with Gasteiger partial charge in [0.05, 0.1) is 23.6 Å². The molecular formula is C34H41ClN2O5S. The molecule has 43 heavy (non-hydrogen) atoms. The first-order valence-corrected chi connectivity index (χ1v) is 17.8. The van der Waals surface area contributed by atoms with Gasteiger partial charge in [0, 0.05) is 29.1 Å². The first kappa shape index (κ1) is 29.2. The molecule has 0 radical (unpaired) electrons. The van der Waals surface area contributed by atoms with Crippen molar-refractivity contribution >= 4 is 33.2 Å². The molecule has 3 aliphatic carbocycles. The Morgan fingerprint density at radius 1 is 1.09 bits per heavy atom. The maximum Gasteiger partial charge on any atom is 0.264 e. The highest BCUT2D eigenvalue weighted by Crippen LogP contribution is 2.47. The van der Waals surface area contributed by atoms with Crippen LogP contribution < -0.4 is 14.4 Å². The number of nitrogens with one attached hydrogen (secondary N) is 1. The summed E-state index contributed by atoms with van der Waals surface area (Å²) < 4.78 is 36.2. The number of halogens is 1. The lowest BCUT2D eigenvalue weighted by atomic mass is 9.68. The number of ether oxygens (including phenoxy) is 1. The third-order valence-electron chi connectivity index (χ3n) is 10.8. The monoisotopic (exact) mass is 624 g/mol. The Bertz CT molecular complexity index is 1560. The predicted molar refractivity (Wildman–Crippen MR) is 168 cm³/mol. The van der Waals surface area contributed by atoms with E-state index in [-0.39, 0.29) is 23.2 Å². The number of carbonyl (C=O) groups excluding carboxylic acids is 1. The second-order valence-corrected chi connectivity index (χ2v) is 16.0. The number of nitrogens with zero attached hydrogens (tertiary/aromatic N) is 1. The molecule has 1 amide bonds. The van der Waals surface area contributed by atoms with Gasteiger partial charge in [-0.1, -0.05) is 36.7 Å². The van der Waals surface area contributed by atoms with Crippen LogP contribution in [0.25, 0.3) is 0 Å². The van der Waals surface area contributed by atoms with Gasteiger partial charge in [0.1, 0.15) is 5.75 Å². The van der Waals surface area contributed by atoms with Crippen LogP contribution >= 0.6 is 11.6 Å². The van der Waals surface area contributed by atoms with Crippen molar-refractivity contribution in [2.24, 2.45) is 23.7 Å². The molecule has 6 atom stereocenters. The van der Waals surface area contributed by atoms with E-state index in [4.69, 9.17) is 16.3 Å². The van der Waals surface area contributed by atoms with Gasteiger partial charge in [-0.3, -0.25) is 4.79 Å². The zero-order chi connectivity index (χ0) is 29.9. The van der Waals surface area contributed by atoms with Crippen molar-refractivity contribution in [3.05, 3.63) is 70.3 Å². The van der Waals surface area contributed by atoms with E-state index in [1.54, 1.807) is 12.1 Å². The van der Waals surface area contributed by atoms with Crippen LogP contribution in [0, 0.1) is 23.7 Å². The van der Waals surface area contributed by atoms with E-state index >= 15 is 0 Å². The highest BCUT2D eigenvalue weighted by atomic mass is 35.5. The van der Waals surface area contributed by atoms with Crippen molar-refractivity contribution in [1.82, 2.24) is 4.72 Å². The number of benzene rings is 2. The van der Waals surface area contributed by atoms with Crippen LogP contribution in [0.1, 0.15) is 73.4 Å². The van der Waals surface area contributed by atoms with Crippen LogP contribution in [-0.4, -0.2) is 50.5 Å². The van der Waals surface area contributed by atoms with E-state index < -0.39 is 27.3 Å². The molecular weight excluding hydrogens is 584 g/mol. The number of hydrogen-bond donors (Lipinski definition) is 2. The van der Waals surface area contributed by atoms with Gasteiger partial charge in [-0.15, -0.1) is 0 Å². The Kier molecular flexibility index (Phi) is 7.54. The van der Waals surface area contributed by atoms with E-state index in [9.17, 15) is 18.3 Å². The predicted octanol–water partition coefficient (Wildman–Crippen LogP) is 5.63. The third-order valence-corrected chi connectivity index (χ3v) is 13.0. The number of fused-ring (bicyclic) bond motifs is 4. The number of allylic oxidation sites excluding steroid dienone is 1. The van der Waals surface area contributed by atoms with Crippen molar-refractivity contribution in [2.45, 2.75) is 75.1 Å². The Morgan fingerprint density at radius 2 is 1.91 bits per heavy atom. The highest BCUT2D eigenvalue weighted by Gasteiger charge is 2.46. The largest absolute Gasteiger partial charge is 0.490 e. The van der Waals surface area contributed by atoms with E-state index in [0.717, 1.165) is 62.2 Å². The highest BCUT2D eigenvalue weighted by molar-refractivity contribution is 7.90. The number of sulfonamides is 1. The van der Waals surface area contributed by atoms with E-state index in [1.165, 1.54) is 11.1 Å². The molecule has 2 bridgehead atoms. The van der Waals surface area contributed by atoms with Crippen LogP contribution in [0.2, 0.25) is 5.02 Å². The molecule has 2 saturated carbocycles. The molecule has 0 saturated heterocycles. The Morgan fingerprint density at radius 3 is 2.67 bits per heavy atom. The number of aryl methyl sites for hydroxylation is 1.